The lowest BCUT2D eigenvalue weighted by Gasteiger charge is -2.07. The first-order chi connectivity index (χ1) is 10.2. The average molecular weight is 288 g/mol. The van der Waals surface area contributed by atoms with Crippen LogP contribution in [-0.4, -0.2) is 20.2 Å². The minimum absolute atomic E-state index is 0.606. The van der Waals surface area contributed by atoms with E-state index >= 15 is 0 Å². The van der Waals surface area contributed by atoms with Gasteiger partial charge in [-0.2, -0.15) is 0 Å². The van der Waals surface area contributed by atoms with Crippen molar-refractivity contribution < 1.29 is 0 Å². The van der Waals surface area contributed by atoms with E-state index in [2.05, 4.69) is 22.4 Å². The molecule has 2 aromatic rings. The molecule has 1 heterocycles. The maximum atomic E-state index is 6.00. The molecule has 114 valence electrons. The highest BCUT2D eigenvalue weighted by Crippen LogP contribution is 2.25. The van der Waals surface area contributed by atoms with Crippen molar-refractivity contribution in [2.24, 2.45) is 0 Å². The van der Waals surface area contributed by atoms with Gasteiger partial charge in [0.2, 0.25) is 0 Å². The predicted molar refractivity (Wildman–Crippen MR) is 85.5 cm³/mol. The number of nitrogens with two attached hydrogens (primary N) is 2. The van der Waals surface area contributed by atoms with Gasteiger partial charge >= 0.3 is 0 Å². The summed E-state index contributed by atoms with van der Waals surface area (Å²) in [4.78, 5) is 0. The molecule has 0 radical (unpaired) electrons. The molecule has 1 aromatic heterocycles. The fourth-order valence-corrected chi connectivity index (χ4v) is 2.37. The van der Waals surface area contributed by atoms with Crippen molar-refractivity contribution in [1.29, 1.82) is 0 Å². The molecule has 0 atom stereocenters. The largest absolute Gasteiger partial charge is 0.399 e. The Balaban J connectivity index is 1.95. The second kappa shape index (κ2) is 7.61. The third kappa shape index (κ3) is 4.18. The lowest BCUT2D eigenvalue weighted by molar-refractivity contribution is 0.519. The molecule has 0 fully saturated rings. The van der Waals surface area contributed by atoms with Crippen LogP contribution in [0.15, 0.2) is 18.2 Å². The minimum atomic E-state index is 0.606. The van der Waals surface area contributed by atoms with Gasteiger partial charge < -0.3 is 11.5 Å². The summed E-state index contributed by atoms with van der Waals surface area (Å²) in [6.45, 7) is 3.04. The van der Waals surface area contributed by atoms with E-state index in [1.165, 1.54) is 32.1 Å². The van der Waals surface area contributed by atoms with E-state index in [-0.39, 0.29) is 0 Å². The van der Waals surface area contributed by atoms with Crippen LogP contribution >= 0.6 is 0 Å². The van der Waals surface area contributed by atoms with Crippen LogP contribution in [0.2, 0.25) is 0 Å². The Hall–Kier alpha value is -2.11. The number of hydrogen-bond acceptors (Lipinski definition) is 5. The van der Waals surface area contributed by atoms with E-state index < -0.39 is 0 Å². The Labute approximate surface area is 125 Å². The molecule has 2 rings (SSSR count). The molecule has 0 aliphatic rings. The van der Waals surface area contributed by atoms with Gasteiger partial charge in [0.25, 0.3) is 0 Å². The quantitative estimate of drug-likeness (QED) is 0.575. The summed E-state index contributed by atoms with van der Waals surface area (Å²) in [5.41, 5.74) is 13.8. The third-order valence-corrected chi connectivity index (χ3v) is 3.57. The van der Waals surface area contributed by atoms with Crippen LogP contribution in [0.1, 0.15) is 45.4 Å². The Morgan fingerprint density at radius 2 is 1.81 bits per heavy atom. The van der Waals surface area contributed by atoms with Gasteiger partial charge in [-0.15, -0.1) is 5.10 Å². The first kappa shape index (κ1) is 15.3. The molecule has 0 aliphatic carbocycles. The lowest BCUT2D eigenvalue weighted by Crippen LogP contribution is -2.05. The molecule has 1 aromatic carbocycles. The molecule has 21 heavy (non-hydrogen) atoms. The summed E-state index contributed by atoms with van der Waals surface area (Å²) in [5.74, 6) is 0.709. The number of hydrogen-bond donors (Lipinski definition) is 2. The van der Waals surface area contributed by atoms with E-state index in [4.69, 9.17) is 11.5 Å². The average Bonchev–Trinajstić information content (AvgIpc) is 2.91. The Morgan fingerprint density at radius 1 is 1.05 bits per heavy atom. The van der Waals surface area contributed by atoms with Crippen LogP contribution in [0, 0.1) is 0 Å². The van der Waals surface area contributed by atoms with E-state index in [1.54, 1.807) is 6.07 Å². The van der Waals surface area contributed by atoms with Crippen LogP contribution in [0.5, 0.6) is 0 Å². The van der Waals surface area contributed by atoms with Gasteiger partial charge in [-0.05, 0) is 35.0 Å². The van der Waals surface area contributed by atoms with E-state index in [0.29, 0.717) is 17.2 Å². The summed E-state index contributed by atoms with van der Waals surface area (Å²) in [7, 11) is 0. The van der Waals surface area contributed by atoms with Gasteiger partial charge in [-0.3, -0.25) is 0 Å². The van der Waals surface area contributed by atoms with Gasteiger partial charge in [0, 0.05) is 23.5 Å². The summed E-state index contributed by atoms with van der Waals surface area (Å²) in [5, 5.41) is 11.9. The second-order valence-corrected chi connectivity index (χ2v) is 5.34. The molecule has 4 N–H and O–H groups in total. The first-order valence-electron chi connectivity index (χ1n) is 7.64. The van der Waals surface area contributed by atoms with Gasteiger partial charge in [0.05, 0.1) is 0 Å². The smallest absolute Gasteiger partial charge is 0.184 e. The lowest BCUT2D eigenvalue weighted by atomic mass is 10.1. The highest BCUT2D eigenvalue weighted by Gasteiger charge is 2.11. The number of unbranched alkanes of at least 4 members (excludes halogenated alkanes) is 5. The third-order valence-electron chi connectivity index (χ3n) is 3.57. The number of nitrogens with zero attached hydrogens (tertiary/aromatic N) is 4. The molecule has 0 amide bonds. The van der Waals surface area contributed by atoms with Crippen molar-refractivity contribution in [2.45, 2.75) is 52.0 Å². The minimum Gasteiger partial charge on any atom is -0.399 e. The molecule has 0 saturated carbocycles. The number of tetrazole rings is 1. The summed E-state index contributed by atoms with van der Waals surface area (Å²) in [6.07, 6.45) is 7.46. The van der Waals surface area contributed by atoms with Gasteiger partial charge in [-0.1, -0.05) is 39.0 Å². The molecular weight excluding hydrogens is 264 g/mol. The van der Waals surface area contributed by atoms with Crippen LogP contribution < -0.4 is 11.5 Å². The molecular formula is C15H24N6. The van der Waals surface area contributed by atoms with Crippen molar-refractivity contribution in [3.63, 3.8) is 0 Å². The maximum absolute atomic E-state index is 6.00. The fraction of sp³-hybridized carbons (Fsp3) is 0.533. The van der Waals surface area contributed by atoms with Crippen molar-refractivity contribution >= 4 is 11.4 Å². The molecule has 6 heteroatoms. The zero-order valence-corrected chi connectivity index (χ0v) is 12.6. The van der Waals surface area contributed by atoms with Crippen molar-refractivity contribution in [1.82, 2.24) is 20.2 Å². The Morgan fingerprint density at radius 3 is 2.57 bits per heavy atom. The Bertz CT molecular complexity index is 563. The van der Waals surface area contributed by atoms with E-state index in [1.807, 2.05) is 16.8 Å². The molecule has 0 spiro atoms. The standard InChI is InChI=1S/C15H24N6/c1-2-3-4-5-6-7-10-21-15(18-19-20-21)13-9-8-12(16)11-14(13)17/h8-9,11H,2-7,10,16-17H2,1H3. The number of nitrogen functional groups attached to an aromatic ring is 2. The summed E-state index contributed by atoms with van der Waals surface area (Å²) in [6, 6.07) is 5.42. The van der Waals surface area contributed by atoms with Crippen molar-refractivity contribution in [3.05, 3.63) is 18.2 Å². The van der Waals surface area contributed by atoms with Crippen molar-refractivity contribution in [2.75, 3.05) is 11.5 Å². The summed E-state index contributed by atoms with van der Waals surface area (Å²) >= 11 is 0. The summed E-state index contributed by atoms with van der Waals surface area (Å²) < 4.78 is 1.82. The molecule has 0 unspecified atom stereocenters. The van der Waals surface area contributed by atoms with Gasteiger partial charge in [0.1, 0.15) is 0 Å². The van der Waals surface area contributed by atoms with Gasteiger partial charge in [-0.25, -0.2) is 4.68 Å². The highest BCUT2D eigenvalue weighted by atomic mass is 15.5. The zero-order valence-electron chi connectivity index (χ0n) is 12.6. The molecule has 0 aliphatic heterocycles. The number of benzene rings is 1. The van der Waals surface area contributed by atoms with Crippen LogP contribution in [0.4, 0.5) is 11.4 Å². The fourth-order valence-electron chi connectivity index (χ4n) is 2.37. The molecule has 0 saturated heterocycles. The maximum Gasteiger partial charge on any atom is 0.184 e. The normalized spacial score (nSPS) is 10.9. The number of aryl methyl sites for hydroxylation is 1. The Kier molecular flexibility index (Phi) is 5.54. The van der Waals surface area contributed by atoms with E-state index in [9.17, 15) is 0 Å². The monoisotopic (exact) mass is 288 g/mol. The topological polar surface area (TPSA) is 95.6 Å². The van der Waals surface area contributed by atoms with Crippen LogP contribution in [-0.2, 0) is 6.54 Å². The van der Waals surface area contributed by atoms with Crippen molar-refractivity contribution in [3.8, 4) is 11.4 Å². The number of aromatic nitrogens is 4. The second-order valence-electron chi connectivity index (χ2n) is 5.34. The molecule has 6 nitrogen and oxygen atoms in total. The highest BCUT2D eigenvalue weighted by molar-refractivity contribution is 5.74. The zero-order chi connectivity index (χ0) is 15.1. The number of rotatable bonds is 8. The number of anilines is 2. The van der Waals surface area contributed by atoms with E-state index in [0.717, 1.165) is 18.5 Å². The van der Waals surface area contributed by atoms with Crippen LogP contribution in [0.25, 0.3) is 11.4 Å². The van der Waals surface area contributed by atoms with Gasteiger partial charge in [0.15, 0.2) is 5.82 Å². The SMILES string of the molecule is CCCCCCCCn1nnnc1-c1ccc(N)cc1N. The first-order valence-corrected chi connectivity index (χ1v) is 7.64. The molecule has 0 bridgehead atoms. The predicted octanol–water partition coefficient (Wildman–Crippen LogP) is 2.87. The van der Waals surface area contributed by atoms with Crippen LogP contribution in [0.3, 0.4) is 0 Å².